The highest BCUT2D eigenvalue weighted by Gasteiger charge is 2.41. The molecule has 1 nitrogen and oxygen atoms in total. The van der Waals surface area contributed by atoms with E-state index in [4.69, 9.17) is 0 Å². The van der Waals surface area contributed by atoms with Crippen molar-refractivity contribution >= 4 is 0 Å². The Kier molecular flexibility index (Phi) is 8.76. The predicted molar refractivity (Wildman–Crippen MR) is 135 cm³/mol. The molecule has 4 aromatic rings. The van der Waals surface area contributed by atoms with Gasteiger partial charge in [0.1, 0.15) is 46.2 Å². The third-order valence-corrected chi connectivity index (χ3v) is 6.08. The van der Waals surface area contributed by atoms with E-state index in [-0.39, 0.29) is 23.1 Å². The van der Waals surface area contributed by atoms with Crippen molar-refractivity contribution in [3.8, 4) is 39.8 Å². The first-order chi connectivity index (χ1) is 20.1. The Bertz CT molecular complexity index is 1700. The van der Waals surface area contributed by atoms with Gasteiger partial charge in [-0.1, -0.05) is 31.4 Å². The largest absolute Gasteiger partial charge is 0.458 e. The fourth-order valence-electron chi connectivity index (χ4n) is 4.23. The van der Waals surface area contributed by atoms with Gasteiger partial charge in [-0.3, -0.25) is 0 Å². The Morgan fingerprint density at radius 2 is 1.16 bits per heavy atom. The van der Waals surface area contributed by atoms with Crippen LogP contribution >= 0.6 is 0 Å². The van der Waals surface area contributed by atoms with Crippen LogP contribution in [-0.2, 0) is 12.5 Å². The molecule has 224 valence electrons. The topological polar surface area (TPSA) is 9.23 Å². The van der Waals surface area contributed by atoms with Crippen LogP contribution in [-0.4, -0.2) is 6.18 Å². The van der Waals surface area contributed by atoms with Crippen molar-refractivity contribution in [2.75, 3.05) is 0 Å². The van der Waals surface area contributed by atoms with Gasteiger partial charge < -0.3 is 4.74 Å². The van der Waals surface area contributed by atoms with Gasteiger partial charge in [-0.05, 0) is 65.6 Å². The minimum Gasteiger partial charge on any atom is -0.429 e. The summed E-state index contributed by atoms with van der Waals surface area (Å²) in [5.74, 6) is -7.11. The highest BCUT2D eigenvalue weighted by atomic mass is 19.4. The van der Waals surface area contributed by atoms with Crippen molar-refractivity contribution in [1.82, 2.24) is 0 Å². The number of halogens is 11. The summed E-state index contributed by atoms with van der Waals surface area (Å²) in [6.07, 6.45) is -8.78. The number of hydrogen-bond donors (Lipinski definition) is 0. The summed E-state index contributed by atoms with van der Waals surface area (Å²) in [4.78, 5) is 0. The van der Waals surface area contributed by atoms with Crippen molar-refractivity contribution in [2.45, 2.75) is 32.1 Å². The molecule has 0 unspecified atom stereocenters. The zero-order chi connectivity index (χ0) is 31.7. The number of rotatable bonds is 7. The lowest BCUT2D eigenvalue weighted by molar-refractivity contribution is -0.189. The fourth-order valence-corrected chi connectivity index (χ4v) is 4.23. The molecule has 0 radical (unpaired) electrons. The second kappa shape index (κ2) is 12.0. The van der Waals surface area contributed by atoms with Gasteiger partial charge in [0.25, 0.3) is 0 Å². The van der Waals surface area contributed by atoms with Gasteiger partial charge >= 0.3 is 12.3 Å². The third kappa shape index (κ3) is 7.10. The highest BCUT2D eigenvalue weighted by Crippen LogP contribution is 2.38. The van der Waals surface area contributed by atoms with Gasteiger partial charge in [0, 0.05) is 23.1 Å². The van der Waals surface area contributed by atoms with Crippen LogP contribution in [0, 0.1) is 46.7 Å². The van der Waals surface area contributed by atoms with E-state index < -0.39 is 75.2 Å². The van der Waals surface area contributed by atoms with Crippen LogP contribution in [0.15, 0.2) is 60.7 Å². The van der Waals surface area contributed by atoms with Crippen LogP contribution < -0.4 is 4.74 Å². The van der Waals surface area contributed by atoms with E-state index >= 15 is 0 Å². The minimum atomic E-state index is -5.00. The van der Waals surface area contributed by atoms with Crippen molar-refractivity contribution in [3.63, 3.8) is 0 Å². The molecule has 0 heterocycles. The van der Waals surface area contributed by atoms with Crippen molar-refractivity contribution in [1.29, 1.82) is 0 Å². The molecule has 43 heavy (non-hydrogen) atoms. The molecule has 0 fully saturated rings. The molecule has 12 heteroatoms. The molecule has 0 bridgehead atoms. The SMILES string of the molecule is CCCc1cc(F)c(C(F)(F)Oc2ccc(-c3ccc(-c4cc(F)c(C#CC(F)(F)F)c(F)c4)c(F)c3)c(F)c2)c(F)c1. The van der Waals surface area contributed by atoms with Crippen LogP contribution in [0.4, 0.5) is 48.3 Å². The monoisotopic (exact) mass is 614 g/mol. The van der Waals surface area contributed by atoms with E-state index in [1.54, 1.807) is 6.92 Å². The maximum atomic E-state index is 14.9. The van der Waals surface area contributed by atoms with Crippen LogP contribution in [0.3, 0.4) is 0 Å². The molecular weight excluding hydrogens is 597 g/mol. The number of aryl methyl sites for hydroxylation is 1. The van der Waals surface area contributed by atoms with E-state index in [0.29, 0.717) is 24.6 Å². The van der Waals surface area contributed by atoms with E-state index in [9.17, 15) is 48.3 Å². The Balaban J connectivity index is 1.60. The maximum Gasteiger partial charge on any atom is 0.458 e. The van der Waals surface area contributed by atoms with Crippen LogP contribution in [0.25, 0.3) is 22.3 Å². The average molecular weight is 614 g/mol. The second-order valence-corrected chi connectivity index (χ2v) is 9.20. The summed E-state index contributed by atoms with van der Waals surface area (Å²) in [5.41, 5.74) is -3.94. The van der Waals surface area contributed by atoms with Gasteiger partial charge in [0.05, 0.1) is 5.56 Å². The molecule has 4 aromatic carbocycles. The fraction of sp³-hybridized carbons (Fsp3) is 0.161. The maximum absolute atomic E-state index is 14.9. The Labute approximate surface area is 237 Å². The van der Waals surface area contributed by atoms with E-state index in [1.165, 1.54) is 5.92 Å². The zero-order valence-corrected chi connectivity index (χ0v) is 21.8. The standard InChI is InChI=1S/C31H17F11O/c1-2-3-16-10-27(36)29(28(37)11-16)31(41,42)43-19-5-7-20(26(35)15-19)17-4-6-21(23(32)12-17)18-13-24(33)22(25(34)14-18)8-9-30(38,39)40/h4-7,10-15H,2-3H2,1H3. The minimum absolute atomic E-state index is 0.144. The second-order valence-electron chi connectivity index (χ2n) is 9.20. The quantitative estimate of drug-likeness (QED) is 0.149. The van der Waals surface area contributed by atoms with Gasteiger partial charge in [-0.25, -0.2) is 26.3 Å². The number of ether oxygens (including phenoxy) is 1. The molecule has 0 N–H and O–H groups in total. The smallest absolute Gasteiger partial charge is 0.429 e. The first-order valence-corrected chi connectivity index (χ1v) is 12.3. The van der Waals surface area contributed by atoms with Gasteiger partial charge in [0.15, 0.2) is 0 Å². The average Bonchev–Trinajstić information content (AvgIpc) is 2.87. The lowest BCUT2D eigenvalue weighted by Gasteiger charge is -2.20. The van der Waals surface area contributed by atoms with Gasteiger partial charge in [-0.2, -0.15) is 22.0 Å². The first kappa shape index (κ1) is 31.4. The normalized spacial score (nSPS) is 11.7. The Morgan fingerprint density at radius 1 is 0.628 bits per heavy atom. The number of benzene rings is 4. The molecule has 0 atom stereocenters. The first-order valence-electron chi connectivity index (χ1n) is 12.3. The summed E-state index contributed by atoms with van der Waals surface area (Å²) in [5, 5.41) is 0. The van der Waals surface area contributed by atoms with Crippen LogP contribution in [0.2, 0.25) is 0 Å². The zero-order valence-electron chi connectivity index (χ0n) is 21.8. The third-order valence-electron chi connectivity index (χ3n) is 6.08. The molecular formula is C31H17F11O. The molecule has 0 aliphatic rings. The highest BCUT2D eigenvalue weighted by molar-refractivity contribution is 5.72. The molecule has 0 saturated heterocycles. The van der Waals surface area contributed by atoms with E-state index in [0.717, 1.165) is 48.4 Å². The van der Waals surface area contributed by atoms with E-state index in [2.05, 4.69) is 4.74 Å². The Hall–Kier alpha value is -4.53. The van der Waals surface area contributed by atoms with Crippen molar-refractivity contribution < 1.29 is 53.0 Å². The molecule has 4 rings (SSSR count). The lowest BCUT2D eigenvalue weighted by atomic mass is 9.98. The summed E-state index contributed by atoms with van der Waals surface area (Å²) in [6, 6.07) is 7.80. The Morgan fingerprint density at radius 3 is 1.70 bits per heavy atom. The number of alkyl halides is 5. The van der Waals surface area contributed by atoms with Gasteiger partial charge in [0.2, 0.25) is 0 Å². The summed E-state index contributed by atoms with van der Waals surface area (Å²) >= 11 is 0. The molecule has 0 spiro atoms. The van der Waals surface area contributed by atoms with E-state index in [1.807, 2.05) is 0 Å². The lowest BCUT2D eigenvalue weighted by Crippen LogP contribution is -2.25. The summed E-state index contributed by atoms with van der Waals surface area (Å²) in [6.45, 7) is 1.73. The van der Waals surface area contributed by atoms with Crippen LogP contribution in [0.1, 0.15) is 30.0 Å². The number of hydrogen-bond acceptors (Lipinski definition) is 1. The molecule has 0 aromatic heterocycles. The molecule has 0 saturated carbocycles. The van der Waals surface area contributed by atoms with Crippen molar-refractivity contribution in [3.05, 3.63) is 112 Å². The van der Waals surface area contributed by atoms with Crippen molar-refractivity contribution in [2.24, 2.45) is 0 Å². The summed E-state index contributed by atoms with van der Waals surface area (Å²) in [7, 11) is 0. The molecule has 0 aliphatic heterocycles. The summed E-state index contributed by atoms with van der Waals surface area (Å²) < 4.78 is 158. The van der Waals surface area contributed by atoms with Crippen LogP contribution in [0.5, 0.6) is 5.75 Å². The predicted octanol–water partition coefficient (Wildman–Crippen LogP) is 9.85. The molecule has 0 aliphatic carbocycles. The van der Waals surface area contributed by atoms with Gasteiger partial charge in [-0.15, -0.1) is 0 Å². The molecule has 0 amide bonds.